The minimum atomic E-state index is -1.16. The van der Waals surface area contributed by atoms with Crippen LogP contribution in [0, 0.1) is 0 Å². The smallest absolute Gasteiger partial charge is 0.323 e. The van der Waals surface area contributed by atoms with E-state index in [4.69, 9.17) is 20.3 Å². The first kappa shape index (κ1) is 13.0. The number of hydrogen-bond donors (Lipinski definition) is 2. The second-order valence-corrected chi connectivity index (χ2v) is 4.39. The van der Waals surface area contributed by atoms with Crippen LogP contribution in [0.3, 0.4) is 0 Å². The Labute approximate surface area is 118 Å². The second-order valence-electron chi connectivity index (χ2n) is 4.39. The lowest BCUT2D eigenvalue weighted by Crippen LogP contribution is -2.28. The van der Waals surface area contributed by atoms with Crippen LogP contribution in [0.1, 0.15) is 0 Å². The molecule has 0 saturated heterocycles. The van der Waals surface area contributed by atoms with E-state index in [1.165, 1.54) is 6.20 Å². The van der Waals surface area contributed by atoms with Gasteiger partial charge in [0.05, 0.1) is 6.20 Å². The largest absolute Gasteiger partial charge is 0.480 e. The topological polar surface area (TPSA) is 117 Å². The number of ether oxygens (including phenoxy) is 2. The predicted molar refractivity (Wildman–Crippen MR) is 72.1 cm³/mol. The lowest BCUT2D eigenvalue weighted by Gasteiger charge is -2.11. The standard InChI is InChI=1S/C13H11N3O5/c14-8-4-15-12(16(13(8)19)5-11(17)18)7-1-2-9-10(3-7)21-6-20-9/h1-4H,5-6,14H2,(H,17,18). The molecule has 2 heterocycles. The van der Waals surface area contributed by atoms with E-state index in [1.807, 2.05) is 0 Å². The number of nitrogen functional groups attached to an aromatic ring is 1. The molecule has 1 aromatic heterocycles. The van der Waals surface area contributed by atoms with Crippen molar-refractivity contribution in [2.75, 3.05) is 12.5 Å². The lowest BCUT2D eigenvalue weighted by atomic mass is 10.2. The van der Waals surface area contributed by atoms with Crippen LogP contribution in [-0.2, 0) is 11.3 Å². The summed E-state index contributed by atoms with van der Waals surface area (Å²) in [5.41, 5.74) is 5.33. The Balaban J connectivity index is 2.16. The summed E-state index contributed by atoms with van der Waals surface area (Å²) in [4.78, 5) is 27.0. The molecule has 3 rings (SSSR count). The zero-order valence-electron chi connectivity index (χ0n) is 10.8. The molecular formula is C13H11N3O5. The van der Waals surface area contributed by atoms with Gasteiger partial charge in [-0.25, -0.2) is 4.98 Å². The average Bonchev–Trinajstić information content (AvgIpc) is 2.91. The van der Waals surface area contributed by atoms with Crippen molar-refractivity contribution in [2.45, 2.75) is 6.54 Å². The second kappa shape index (κ2) is 4.82. The van der Waals surface area contributed by atoms with Crippen LogP contribution in [0.25, 0.3) is 11.4 Å². The van der Waals surface area contributed by atoms with E-state index >= 15 is 0 Å². The zero-order chi connectivity index (χ0) is 15.0. The van der Waals surface area contributed by atoms with E-state index in [9.17, 15) is 9.59 Å². The van der Waals surface area contributed by atoms with Crippen molar-refractivity contribution in [2.24, 2.45) is 0 Å². The van der Waals surface area contributed by atoms with Gasteiger partial charge in [0.25, 0.3) is 5.56 Å². The average molecular weight is 289 g/mol. The van der Waals surface area contributed by atoms with Gasteiger partial charge in [-0.15, -0.1) is 0 Å². The molecule has 0 saturated carbocycles. The van der Waals surface area contributed by atoms with E-state index < -0.39 is 18.1 Å². The first-order valence-electron chi connectivity index (χ1n) is 6.03. The fourth-order valence-electron chi connectivity index (χ4n) is 2.06. The fraction of sp³-hybridized carbons (Fsp3) is 0.154. The minimum absolute atomic E-state index is 0.110. The Bertz CT molecular complexity index is 784. The molecule has 0 unspecified atom stereocenters. The summed E-state index contributed by atoms with van der Waals surface area (Å²) in [6, 6.07) is 4.98. The quantitative estimate of drug-likeness (QED) is 0.834. The summed E-state index contributed by atoms with van der Waals surface area (Å²) >= 11 is 0. The van der Waals surface area contributed by atoms with Crippen molar-refractivity contribution in [1.29, 1.82) is 0 Å². The first-order chi connectivity index (χ1) is 10.1. The molecule has 0 atom stereocenters. The molecule has 8 heteroatoms. The maximum absolute atomic E-state index is 12.0. The van der Waals surface area contributed by atoms with E-state index in [0.717, 1.165) is 4.57 Å². The number of carbonyl (C=O) groups is 1. The number of carboxylic acids is 1. The van der Waals surface area contributed by atoms with Crippen molar-refractivity contribution in [3.63, 3.8) is 0 Å². The third-order valence-electron chi connectivity index (χ3n) is 3.00. The van der Waals surface area contributed by atoms with Gasteiger partial charge in [0.2, 0.25) is 6.79 Å². The molecule has 0 aliphatic carbocycles. The Hall–Kier alpha value is -3.03. The van der Waals surface area contributed by atoms with E-state index in [-0.39, 0.29) is 18.3 Å². The summed E-state index contributed by atoms with van der Waals surface area (Å²) in [6.07, 6.45) is 1.21. The fourth-order valence-corrected chi connectivity index (χ4v) is 2.06. The maximum atomic E-state index is 12.0. The van der Waals surface area contributed by atoms with Gasteiger partial charge >= 0.3 is 5.97 Å². The molecule has 0 amide bonds. The van der Waals surface area contributed by atoms with Gasteiger partial charge in [0.1, 0.15) is 18.1 Å². The molecule has 0 radical (unpaired) electrons. The van der Waals surface area contributed by atoms with Crippen LogP contribution in [0.15, 0.2) is 29.2 Å². The van der Waals surface area contributed by atoms with Crippen LogP contribution in [0.5, 0.6) is 11.5 Å². The van der Waals surface area contributed by atoms with Gasteiger partial charge in [0.15, 0.2) is 11.5 Å². The molecule has 0 fully saturated rings. The van der Waals surface area contributed by atoms with Crippen molar-refractivity contribution in [3.05, 3.63) is 34.7 Å². The molecule has 0 spiro atoms. The summed E-state index contributed by atoms with van der Waals surface area (Å²) in [7, 11) is 0. The van der Waals surface area contributed by atoms with Crippen LogP contribution in [0.4, 0.5) is 5.69 Å². The van der Waals surface area contributed by atoms with Gasteiger partial charge in [0, 0.05) is 5.56 Å². The molecule has 21 heavy (non-hydrogen) atoms. The highest BCUT2D eigenvalue weighted by Crippen LogP contribution is 2.35. The predicted octanol–water partition coefficient (Wildman–Crippen LogP) is 0.306. The molecule has 8 nitrogen and oxygen atoms in total. The summed E-state index contributed by atoms with van der Waals surface area (Å²) in [5, 5.41) is 8.94. The minimum Gasteiger partial charge on any atom is -0.480 e. The van der Waals surface area contributed by atoms with Gasteiger partial charge in [-0.2, -0.15) is 0 Å². The highest BCUT2D eigenvalue weighted by Gasteiger charge is 2.18. The number of benzene rings is 1. The van der Waals surface area contributed by atoms with Crippen LogP contribution < -0.4 is 20.8 Å². The van der Waals surface area contributed by atoms with Crippen LogP contribution >= 0.6 is 0 Å². The Morgan fingerprint density at radius 2 is 2.14 bits per heavy atom. The Kier molecular flexibility index (Phi) is 2.98. The number of hydrogen-bond acceptors (Lipinski definition) is 6. The molecule has 1 aliphatic rings. The number of nitrogens with two attached hydrogens (primary N) is 1. The maximum Gasteiger partial charge on any atom is 0.323 e. The summed E-state index contributed by atoms with van der Waals surface area (Å²) < 4.78 is 11.5. The third kappa shape index (κ3) is 2.27. The normalized spacial score (nSPS) is 12.4. The van der Waals surface area contributed by atoms with Crippen LogP contribution in [0.2, 0.25) is 0 Å². The number of anilines is 1. The molecule has 3 N–H and O–H groups in total. The third-order valence-corrected chi connectivity index (χ3v) is 3.00. The number of aromatic nitrogens is 2. The van der Waals surface area contributed by atoms with Crippen molar-refractivity contribution >= 4 is 11.7 Å². The lowest BCUT2D eigenvalue weighted by molar-refractivity contribution is -0.137. The van der Waals surface area contributed by atoms with Crippen molar-refractivity contribution in [1.82, 2.24) is 9.55 Å². The number of aliphatic carboxylic acids is 1. The summed E-state index contributed by atoms with van der Waals surface area (Å²) in [5.74, 6) is 0.142. The number of fused-ring (bicyclic) bond motifs is 1. The van der Waals surface area contributed by atoms with Gasteiger partial charge in [-0.3, -0.25) is 14.2 Å². The van der Waals surface area contributed by atoms with Gasteiger partial charge in [-0.1, -0.05) is 0 Å². The molecule has 1 aromatic carbocycles. The van der Waals surface area contributed by atoms with Crippen LogP contribution in [-0.4, -0.2) is 27.4 Å². The van der Waals surface area contributed by atoms with E-state index in [2.05, 4.69) is 4.98 Å². The van der Waals surface area contributed by atoms with Gasteiger partial charge in [-0.05, 0) is 18.2 Å². The summed E-state index contributed by atoms with van der Waals surface area (Å²) in [6.45, 7) is -0.406. The monoisotopic (exact) mass is 289 g/mol. The number of nitrogens with zero attached hydrogens (tertiary/aromatic N) is 2. The zero-order valence-corrected chi connectivity index (χ0v) is 10.8. The van der Waals surface area contributed by atoms with Crippen molar-refractivity contribution in [3.8, 4) is 22.9 Å². The van der Waals surface area contributed by atoms with Crippen molar-refractivity contribution < 1.29 is 19.4 Å². The number of carboxylic acid groups (broad SMARTS) is 1. The molecule has 1 aliphatic heterocycles. The highest BCUT2D eigenvalue weighted by molar-refractivity contribution is 5.69. The highest BCUT2D eigenvalue weighted by atomic mass is 16.7. The first-order valence-corrected chi connectivity index (χ1v) is 6.03. The molecular weight excluding hydrogens is 278 g/mol. The number of rotatable bonds is 3. The molecule has 0 bridgehead atoms. The SMILES string of the molecule is Nc1cnc(-c2ccc3c(c2)OCO3)n(CC(=O)O)c1=O. The van der Waals surface area contributed by atoms with E-state index in [0.29, 0.717) is 17.1 Å². The van der Waals surface area contributed by atoms with Gasteiger partial charge < -0.3 is 20.3 Å². The Morgan fingerprint density at radius 1 is 1.38 bits per heavy atom. The molecule has 2 aromatic rings. The van der Waals surface area contributed by atoms with E-state index in [1.54, 1.807) is 18.2 Å². The molecule has 108 valence electrons. The Morgan fingerprint density at radius 3 is 2.90 bits per heavy atom.